The van der Waals surface area contributed by atoms with E-state index in [0.29, 0.717) is 18.7 Å². The summed E-state index contributed by atoms with van der Waals surface area (Å²) in [6.45, 7) is 6.85. The van der Waals surface area contributed by atoms with Crippen LogP contribution in [0.15, 0.2) is 18.2 Å². The summed E-state index contributed by atoms with van der Waals surface area (Å²) in [5, 5.41) is 2.80. The van der Waals surface area contributed by atoms with Gasteiger partial charge in [0.25, 0.3) is 5.91 Å². The molecule has 1 amide bonds. The van der Waals surface area contributed by atoms with Gasteiger partial charge in [-0.1, -0.05) is 0 Å². The van der Waals surface area contributed by atoms with Crippen LogP contribution in [0.5, 0.6) is 0 Å². The highest BCUT2D eigenvalue weighted by Gasteiger charge is 2.06. The second-order valence-electron chi connectivity index (χ2n) is 4.35. The van der Waals surface area contributed by atoms with E-state index in [1.54, 1.807) is 18.2 Å². The molecule has 1 aromatic carbocycles. The number of nitrogens with two attached hydrogens (primary N) is 1. The first kappa shape index (κ1) is 14.5. The van der Waals surface area contributed by atoms with Gasteiger partial charge in [-0.3, -0.25) is 10.6 Å². The summed E-state index contributed by atoms with van der Waals surface area (Å²) < 4.78 is 5.35. The van der Waals surface area contributed by atoms with Gasteiger partial charge in [-0.05, 0) is 44.5 Å². The molecule has 0 spiro atoms. The second kappa shape index (κ2) is 6.98. The van der Waals surface area contributed by atoms with E-state index < -0.39 is 0 Å². The first-order valence-electron chi connectivity index (χ1n) is 6.01. The Kier molecular flexibility index (Phi) is 5.61. The fourth-order valence-electron chi connectivity index (χ4n) is 1.53. The Labute approximate surface area is 108 Å². The topological polar surface area (TPSA) is 76.4 Å². The molecule has 100 valence electrons. The van der Waals surface area contributed by atoms with E-state index in [1.807, 2.05) is 20.8 Å². The normalized spacial score (nSPS) is 10.5. The van der Waals surface area contributed by atoms with Crippen molar-refractivity contribution in [2.75, 3.05) is 18.6 Å². The minimum Gasteiger partial charge on any atom is -0.377 e. The molecule has 0 aliphatic rings. The highest BCUT2D eigenvalue weighted by atomic mass is 16.5. The Hall–Kier alpha value is -1.59. The van der Waals surface area contributed by atoms with Crippen molar-refractivity contribution in [2.45, 2.75) is 26.9 Å². The summed E-state index contributed by atoms with van der Waals surface area (Å²) in [5.41, 5.74) is 4.94. The number of amides is 1. The molecule has 0 fully saturated rings. The van der Waals surface area contributed by atoms with E-state index in [-0.39, 0.29) is 12.0 Å². The maximum absolute atomic E-state index is 11.8. The molecule has 0 radical (unpaired) electrons. The van der Waals surface area contributed by atoms with Crippen LogP contribution in [0.2, 0.25) is 0 Å². The van der Waals surface area contributed by atoms with Gasteiger partial charge in [-0.15, -0.1) is 0 Å². The lowest BCUT2D eigenvalue weighted by Crippen LogP contribution is -2.28. The number of ether oxygens (including phenoxy) is 1. The predicted molar refractivity (Wildman–Crippen MR) is 72.4 cm³/mol. The summed E-state index contributed by atoms with van der Waals surface area (Å²) >= 11 is 0. The van der Waals surface area contributed by atoms with Gasteiger partial charge in [0.1, 0.15) is 0 Å². The maximum Gasteiger partial charge on any atom is 0.251 e. The number of carbonyl (C=O) groups excluding carboxylic acids is 1. The number of hydrogen-bond donors (Lipinski definition) is 3. The third-order valence-electron chi connectivity index (χ3n) is 2.48. The molecule has 0 atom stereocenters. The number of benzene rings is 1. The number of anilines is 1. The zero-order chi connectivity index (χ0) is 13.5. The van der Waals surface area contributed by atoms with Crippen molar-refractivity contribution in [3.8, 4) is 0 Å². The zero-order valence-electron chi connectivity index (χ0n) is 11.1. The van der Waals surface area contributed by atoms with Crippen molar-refractivity contribution in [1.82, 2.24) is 5.32 Å². The van der Waals surface area contributed by atoms with Crippen molar-refractivity contribution >= 4 is 11.6 Å². The molecule has 0 aliphatic carbocycles. The van der Waals surface area contributed by atoms with Crippen LogP contribution in [0.3, 0.4) is 0 Å². The second-order valence-corrected chi connectivity index (χ2v) is 4.35. The summed E-state index contributed by atoms with van der Waals surface area (Å²) in [5.74, 6) is 5.23. The number of rotatable bonds is 6. The number of hydrogen-bond acceptors (Lipinski definition) is 4. The van der Waals surface area contributed by atoms with Gasteiger partial charge in [-0.25, -0.2) is 0 Å². The summed E-state index contributed by atoms with van der Waals surface area (Å²) in [7, 11) is 0. The first-order chi connectivity index (χ1) is 8.54. The number of nitrogens with one attached hydrogen (secondary N) is 2. The minimum atomic E-state index is -0.103. The molecule has 18 heavy (non-hydrogen) atoms. The van der Waals surface area contributed by atoms with Crippen LogP contribution in [0.25, 0.3) is 0 Å². The molecule has 4 N–H and O–H groups in total. The standard InChI is InChI=1S/C13H21N3O2/c1-9(2)18-7-6-15-13(17)11-4-5-12(16-14)10(3)8-11/h4-5,8-9,16H,6-7,14H2,1-3H3,(H,15,17). The molecule has 0 aliphatic heterocycles. The molecule has 0 unspecified atom stereocenters. The van der Waals surface area contributed by atoms with Gasteiger partial charge in [0.2, 0.25) is 0 Å². The molecule has 1 rings (SSSR count). The monoisotopic (exact) mass is 251 g/mol. The van der Waals surface area contributed by atoms with Crippen LogP contribution >= 0.6 is 0 Å². The number of hydrazine groups is 1. The van der Waals surface area contributed by atoms with Crippen LogP contribution in [-0.4, -0.2) is 25.2 Å². The maximum atomic E-state index is 11.8. The predicted octanol–water partition coefficient (Wildman–Crippen LogP) is 1.44. The first-order valence-corrected chi connectivity index (χ1v) is 6.01. The molecule has 0 bridgehead atoms. The average molecular weight is 251 g/mol. The van der Waals surface area contributed by atoms with E-state index in [2.05, 4.69) is 10.7 Å². The summed E-state index contributed by atoms with van der Waals surface area (Å²) in [6.07, 6.45) is 0.180. The number of carbonyl (C=O) groups is 1. The Morgan fingerprint density at radius 3 is 2.72 bits per heavy atom. The minimum absolute atomic E-state index is 0.103. The molecule has 1 aromatic rings. The highest BCUT2D eigenvalue weighted by Crippen LogP contribution is 2.14. The van der Waals surface area contributed by atoms with E-state index in [1.165, 1.54) is 0 Å². The molecular formula is C13H21N3O2. The Bertz CT molecular complexity index is 405. The lowest BCUT2D eigenvalue weighted by molar-refractivity contribution is 0.0746. The Morgan fingerprint density at radius 2 is 2.17 bits per heavy atom. The summed E-state index contributed by atoms with van der Waals surface area (Å²) in [6, 6.07) is 5.32. The zero-order valence-corrected chi connectivity index (χ0v) is 11.1. The van der Waals surface area contributed by atoms with Crippen LogP contribution in [0, 0.1) is 6.92 Å². The summed E-state index contributed by atoms with van der Waals surface area (Å²) in [4.78, 5) is 11.8. The van der Waals surface area contributed by atoms with E-state index in [4.69, 9.17) is 10.6 Å². The average Bonchev–Trinajstić information content (AvgIpc) is 2.34. The van der Waals surface area contributed by atoms with Gasteiger partial charge in [0.15, 0.2) is 0 Å². The van der Waals surface area contributed by atoms with E-state index in [9.17, 15) is 4.79 Å². The lowest BCUT2D eigenvalue weighted by Gasteiger charge is -2.10. The Morgan fingerprint density at radius 1 is 1.44 bits per heavy atom. The van der Waals surface area contributed by atoms with Crippen molar-refractivity contribution in [1.29, 1.82) is 0 Å². The van der Waals surface area contributed by atoms with Gasteiger partial charge >= 0.3 is 0 Å². The van der Waals surface area contributed by atoms with Gasteiger partial charge in [0, 0.05) is 12.1 Å². The highest BCUT2D eigenvalue weighted by molar-refractivity contribution is 5.94. The van der Waals surface area contributed by atoms with Gasteiger partial charge in [-0.2, -0.15) is 0 Å². The van der Waals surface area contributed by atoms with Crippen LogP contribution in [0.1, 0.15) is 29.8 Å². The van der Waals surface area contributed by atoms with Crippen molar-refractivity contribution in [2.24, 2.45) is 5.84 Å². The van der Waals surface area contributed by atoms with Gasteiger partial charge < -0.3 is 15.5 Å². The van der Waals surface area contributed by atoms with Crippen LogP contribution < -0.4 is 16.6 Å². The fraction of sp³-hybridized carbons (Fsp3) is 0.462. The fourth-order valence-corrected chi connectivity index (χ4v) is 1.53. The van der Waals surface area contributed by atoms with Crippen molar-refractivity contribution in [3.63, 3.8) is 0 Å². The van der Waals surface area contributed by atoms with Crippen molar-refractivity contribution in [3.05, 3.63) is 29.3 Å². The molecule has 0 aromatic heterocycles. The molecule has 5 nitrogen and oxygen atoms in total. The van der Waals surface area contributed by atoms with Gasteiger partial charge in [0.05, 0.1) is 18.4 Å². The van der Waals surface area contributed by atoms with E-state index in [0.717, 1.165) is 11.3 Å². The molecule has 0 saturated carbocycles. The quantitative estimate of drug-likeness (QED) is 0.406. The number of nitrogen functional groups attached to an aromatic ring is 1. The molecule has 5 heteroatoms. The van der Waals surface area contributed by atoms with Crippen molar-refractivity contribution < 1.29 is 9.53 Å². The molecule has 0 saturated heterocycles. The van der Waals surface area contributed by atoms with Crippen LogP contribution in [-0.2, 0) is 4.74 Å². The SMILES string of the molecule is Cc1cc(C(=O)NCCOC(C)C)ccc1NN. The van der Waals surface area contributed by atoms with E-state index >= 15 is 0 Å². The Balaban J connectivity index is 2.49. The lowest BCUT2D eigenvalue weighted by atomic mass is 10.1. The molecule has 0 heterocycles. The third kappa shape index (κ3) is 4.35. The van der Waals surface area contributed by atoms with Crippen LogP contribution in [0.4, 0.5) is 5.69 Å². The molecular weight excluding hydrogens is 230 g/mol. The third-order valence-corrected chi connectivity index (χ3v) is 2.48. The smallest absolute Gasteiger partial charge is 0.251 e. The number of aryl methyl sites for hydroxylation is 1. The largest absolute Gasteiger partial charge is 0.377 e.